The molecule has 0 aromatic carbocycles. The van der Waals surface area contributed by atoms with Crippen LogP contribution in [-0.2, 0) is 52.2 Å². The molecule has 10 rings (SSSR count). The number of hydrogen-bond acceptors (Lipinski definition) is 12. The second-order valence-corrected chi connectivity index (χ2v) is 18.0. The first kappa shape index (κ1) is 38.2. The van der Waals surface area contributed by atoms with Gasteiger partial charge in [-0.3, -0.25) is 4.79 Å². The lowest BCUT2D eigenvalue weighted by Crippen LogP contribution is -2.61. The van der Waals surface area contributed by atoms with Crippen LogP contribution in [-0.4, -0.2) is 137 Å². The van der Waals surface area contributed by atoms with E-state index in [1.807, 2.05) is 7.05 Å². The first-order valence-corrected chi connectivity index (χ1v) is 21.0. The van der Waals surface area contributed by atoms with Crippen LogP contribution in [0.3, 0.4) is 0 Å². The molecular weight excluding hydrogens is 694 g/mol. The average Bonchev–Trinajstić information content (AvgIpc) is 3.83. The molecule has 0 saturated carbocycles. The van der Waals surface area contributed by atoms with Gasteiger partial charge in [0.15, 0.2) is 5.79 Å². The summed E-state index contributed by atoms with van der Waals surface area (Å²) in [6, 6.07) is 0. The molecule has 0 aromatic rings. The second-order valence-electron chi connectivity index (χ2n) is 18.0. The molecule has 10 saturated heterocycles. The minimum Gasteiger partial charge on any atom is -0.380 e. The maximum Gasteiger partial charge on any atom is 0.172 e. The zero-order chi connectivity index (χ0) is 37.3. The molecule has 0 aromatic heterocycles. The molecule has 12 heteroatoms. The molecule has 0 radical (unpaired) electrons. The minimum absolute atomic E-state index is 0.000321. The Morgan fingerprint density at radius 2 is 1.54 bits per heavy atom. The highest BCUT2D eigenvalue weighted by atomic mass is 16.8. The predicted molar refractivity (Wildman–Crippen MR) is 196 cm³/mol. The fraction of sp³-hybridized carbons (Fsp3) is 0.881. The predicted octanol–water partition coefficient (Wildman–Crippen LogP) is 4.35. The largest absolute Gasteiger partial charge is 0.380 e. The van der Waals surface area contributed by atoms with Gasteiger partial charge >= 0.3 is 0 Å². The lowest BCUT2D eigenvalue weighted by atomic mass is 9.81. The van der Waals surface area contributed by atoms with E-state index in [1.165, 1.54) is 0 Å². The lowest BCUT2D eigenvalue weighted by molar-refractivity contribution is -0.292. The number of nitrogens with one attached hydrogen (secondary N) is 1. The molecule has 19 atom stereocenters. The maximum absolute atomic E-state index is 14.2. The lowest BCUT2D eigenvalue weighted by Gasteiger charge is -2.47. The van der Waals surface area contributed by atoms with Gasteiger partial charge in [-0.05, 0) is 69.1 Å². The molecule has 12 bridgehead atoms. The molecular formula is C42H63NO11. The highest BCUT2D eigenvalue weighted by molar-refractivity contribution is 5.79. The molecule has 10 aliphatic heterocycles. The van der Waals surface area contributed by atoms with E-state index in [0.717, 1.165) is 56.1 Å². The number of Topliss-reactive ketones (excluding diaryl/α,β-unsaturated/α-hetero) is 1. The summed E-state index contributed by atoms with van der Waals surface area (Å²) >= 11 is 0. The first-order valence-electron chi connectivity index (χ1n) is 21.0. The zero-order valence-electron chi connectivity index (χ0n) is 32.7. The Bertz CT molecular complexity index is 1410. The molecule has 1 unspecified atom stereocenters. The van der Waals surface area contributed by atoms with E-state index in [-0.39, 0.29) is 109 Å². The third-order valence-corrected chi connectivity index (χ3v) is 14.5. The van der Waals surface area contributed by atoms with Gasteiger partial charge < -0.3 is 52.7 Å². The molecule has 12 nitrogen and oxygen atoms in total. The van der Waals surface area contributed by atoms with Gasteiger partial charge in [0, 0.05) is 65.2 Å². The molecule has 10 heterocycles. The summed E-state index contributed by atoms with van der Waals surface area (Å²) in [4.78, 5) is 14.2. The Morgan fingerprint density at radius 3 is 2.35 bits per heavy atom. The summed E-state index contributed by atoms with van der Waals surface area (Å²) in [5.41, 5.74) is 2.25. The van der Waals surface area contributed by atoms with Crippen molar-refractivity contribution in [2.24, 2.45) is 11.8 Å². The van der Waals surface area contributed by atoms with Gasteiger partial charge in [0.05, 0.1) is 67.1 Å². The molecule has 10 fully saturated rings. The van der Waals surface area contributed by atoms with Crippen molar-refractivity contribution in [1.82, 2.24) is 5.32 Å². The number of likely N-dealkylation sites (N-methyl/N-ethyl adjacent to an activating group) is 1. The topological polar surface area (TPSA) is 121 Å². The highest BCUT2D eigenvalue weighted by Crippen LogP contribution is 2.54. The van der Waals surface area contributed by atoms with Gasteiger partial charge in [-0.1, -0.05) is 20.1 Å². The number of rotatable bonds is 6. The monoisotopic (exact) mass is 757 g/mol. The number of hydrogen-bond donors (Lipinski definition) is 1. The van der Waals surface area contributed by atoms with Crippen molar-refractivity contribution in [2.45, 2.75) is 194 Å². The van der Waals surface area contributed by atoms with Crippen LogP contribution in [0.4, 0.5) is 0 Å². The SMILES string of the molecule is C=C1C[C@@H]2CC[C@@]34C[C@H]5OC6[C@@H](O[C@H]7CC[C@H](CC(=O)C[C@@H]8[C@@H](OC)[C@@H](C[C@@H](CNC)OC)O[C@H]8C[C@H]8O[C@@H](CC[C@@H]1O2)C[C@@H](C)C8=C)O[C@@H]7[C@@H]6O3)[C@H]5O4. The van der Waals surface area contributed by atoms with Gasteiger partial charge in [-0.25, -0.2) is 0 Å². The highest BCUT2D eigenvalue weighted by Gasteiger charge is 2.68. The van der Waals surface area contributed by atoms with E-state index in [0.29, 0.717) is 51.0 Å². The number of fused-ring (bicyclic) bond motifs is 6. The van der Waals surface area contributed by atoms with Crippen molar-refractivity contribution in [2.75, 3.05) is 27.8 Å². The van der Waals surface area contributed by atoms with Crippen LogP contribution in [0, 0.1) is 11.8 Å². The minimum atomic E-state index is -0.769. The Hall–Kier alpha value is -1.29. The number of methoxy groups -OCH3 is 2. The Morgan fingerprint density at radius 1 is 0.778 bits per heavy atom. The Balaban J connectivity index is 0.991. The van der Waals surface area contributed by atoms with Crippen LogP contribution in [0.1, 0.15) is 90.4 Å². The van der Waals surface area contributed by atoms with Gasteiger partial charge in [-0.2, -0.15) is 0 Å². The van der Waals surface area contributed by atoms with E-state index in [4.69, 9.17) is 47.4 Å². The van der Waals surface area contributed by atoms with Gasteiger partial charge in [0.2, 0.25) is 0 Å². The molecule has 1 spiro atoms. The number of ketones is 1. The Labute approximate surface area is 320 Å². The maximum atomic E-state index is 14.2. The van der Waals surface area contributed by atoms with Crippen molar-refractivity contribution in [3.05, 3.63) is 24.3 Å². The third-order valence-electron chi connectivity index (χ3n) is 14.5. The molecule has 0 aliphatic carbocycles. The van der Waals surface area contributed by atoms with E-state index >= 15 is 0 Å². The quantitative estimate of drug-likeness (QED) is 0.388. The molecule has 10 aliphatic rings. The van der Waals surface area contributed by atoms with Crippen LogP contribution in [0.2, 0.25) is 0 Å². The van der Waals surface area contributed by atoms with Gasteiger partial charge in [0.25, 0.3) is 0 Å². The van der Waals surface area contributed by atoms with Crippen molar-refractivity contribution in [3.63, 3.8) is 0 Å². The van der Waals surface area contributed by atoms with Gasteiger partial charge in [0.1, 0.15) is 36.3 Å². The Kier molecular flexibility index (Phi) is 11.0. The fourth-order valence-corrected chi connectivity index (χ4v) is 11.7. The standard InChI is InChI=1S/C42H63NO11/c1-21-13-25-7-9-30-22(2)14-27(47-30)11-12-42-19-35-38(53-42)39-40(52-35)41(54-42)37-31(51-39)10-8-26(49-37)15-24(44)16-29-33(18-32(48-25)23(21)3)50-34(36(29)46-6)17-28(45-5)20-43-4/h21,25-41,43H,2-3,7-20H2,1,4-6H3/t21-,25+,26-,27+,28+,29+,30+,31+,32-,33+,34-,35-,36-,37+,38+,39+,40?,41+,42+/m1/s1. The van der Waals surface area contributed by atoms with Crippen LogP contribution in [0.5, 0.6) is 0 Å². The van der Waals surface area contributed by atoms with Crippen molar-refractivity contribution in [3.8, 4) is 0 Å². The molecule has 54 heavy (non-hydrogen) atoms. The summed E-state index contributed by atoms with van der Waals surface area (Å²) in [7, 11) is 5.39. The van der Waals surface area contributed by atoms with Crippen molar-refractivity contribution >= 4 is 5.78 Å². The van der Waals surface area contributed by atoms with Crippen LogP contribution in [0.25, 0.3) is 0 Å². The van der Waals surface area contributed by atoms with Crippen molar-refractivity contribution in [1.29, 1.82) is 0 Å². The summed E-state index contributed by atoms with van der Waals surface area (Å²) in [5.74, 6) is -0.455. The molecule has 302 valence electrons. The van der Waals surface area contributed by atoms with Crippen molar-refractivity contribution < 1.29 is 52.2 Å². The molecule has 0 amide bonds. The van der Waals surface area contributed by atoms with E-state index in [9.17, 15) is 4.79 Å². The van der Waals surface area contributed by atoms with E-state index < -0.39 is 5.79 Å². The van der Waals surface area contributed by atoms with E-state index in [1.54, 1.807) is 14.2 Å². The summed E-state index contributed by atoms with van der Waals surface area (Å²) < 4.78 is 66.5. The van der Waals surface area contributed by atoms with E-state index in [2.05, 4.69) is 25.4 Å². The third kappa shape index (κ3) is 7.11. The number of ether oxygens (including phenoxy) is 10. The summed E-state index contributed by atoms with van der Waals surface area (Å²) in [6.45, 7) is 11.9. The smallest absolute Gasteiger partial charge is 0.172 e. The first-order chi connectivity index (χ1) is 26.1. The average molecular weight is 758 g/mol. The van der Waals surface area contributed by atoms with Crippen LogP contribution < -0.4 is 5.32 Å². The second kappa shape index (κ2) is 15.5. The zero-order valence-corrected chi connectivity index (χ0v) is 32.7. The van der Waals surface area contributed by atoms with Crippen LogP contribution >= 0.6 is 0 Å². The summed E-state index contributed by atoms with van der Waals surface area (Å²) in [6.07, 6.45) is 6.75. The van der Waals surface area contributed by atoms with Crippen LogP contribution in [0.15, 0.2) is 24.3 Å². The normalized spacial score (nSPS) is 50.9. The summed E-state index contributed by atoms with van der Waals surface area (Å²) in [5, 5.41) is 3.23. The fourth-order valence-electron chi connectivity index (χ4n) is 11.7. The number of carbonyl (C=O) groups is 1. The number of carbonyl (C=O) groups excluding carboxylic acids is 1. The molecule has 1 N–H and O–H groups in total. The van der Waals surface area contributed by atoms with Gasteiger partial charge in [-0.15, -0.1) is 0 Å².